The maximum atomic E-state index is 12.8. The average molecular weight is 308 g/mol. The summed E-state index contributed by atoms with van der Waals surface area (Å²) in [6.07, 6.45) is 1.51. The summed E-state index contributed by atoms with van der Waals surface area (Å²) >= 11 is 0. The van der Waals surface area contributed by atoms with Gasteiger partial charge in [0, 0.05) is 32.1 Å². The third-order valence-electron chi connectivity index (χ3n) is 3.75. The van der Waals surface area contributed by atoms with Crippen molar-refractivity contribution < 1.29 is 18.7 Å². The van der Waals surface area contributed by atoms with Crippen LogP contribution in [0.5, 0.6) is 0 Å². The molecule has 1 aromatic rings. The quantitative estimate of drug-likeness (QED) is 0.819. The van der Waals surface area contributed by atoms with E-state index in [1.807, 2.05) is 0 Å². The number of alkyl carbamates (subject to hydrolysis) is 1. The van der Waals surface area contributed by atoms with Crippen LogP contribution in [-0.4, -0.2) is 49.6 Å². The van der Waals surface area contributed by atoms with Crippen molar-refractivity contribution in [3.63, 3.8) is 0 Å². The van der Waals surface area contributed by atoms with E-state index >= 15 is 0 Å². The van der Waals surface area contributed by atoms with Gasteiger partial charge in [-0.3, -0.25) is 9.69 Å². The molecule has 0 radical (unpaired) electrons. The van der Waals surface area contributed by atoms with E-state index in [-0.39, 0.29) is 17.7 Å². The lowest BCUT2D eigenvalue weighted by Gasteiger charge is -2.15. The van der Waals surface area contributed by atoms with Crippen molar-refractivity contribution >= 4 is 11.9 Å². The molecule has 120 valence electrons. The number of nitrogens with one attached hydrogen (secondary N) is 1. The van der Waals surface area contributed by atoms with E-state index in [0.29, 0.717) is 18.5 Å². The lowest BCUT2D eigenvalue weighted by atomic mass is 10.1. The van der Waals surface area contributed by atoms with Crippen LogP contribution in [0.4, 0.5) is 9.18 Å². The van der Waals surface area contributed by atoms with Crippen LogP contribution < -0.4 is 5.32 Å². The third-order valence-corrected chi connectivity index (χ3v) is 3.75. The van der Waals surface area contributed by atoms with E-state index in [2.05, 4.69) is 10.2 Å². The Bertz CT molecular complexity index is 519. The molecular formula is C16H21FN2O3. The molecule has 1 atom stereocenters. The molecule has 0 unspecified atom stereocenters. The Morgan fingerprint density at radius 3 is 2.77 bits per heavy atom. The second kappa shape index (κ2) is 7.89. The summed E-state index contributed by atoms with van der Waals surface area (Å²) in [6.45, 7) is 2.37. The molecule has 1 heterocycles. The molecule has 1 aromatic carbocycles. The predicted molar refractivity (Wildman–Crippen MR) is 80.4 cm³/mol. The van der Waals surface area contributed by atoms with Crippen LogP contribution in [0.15, 0.2) is 24.3 Å². The van der Waals surface area contributed by atoms with Gasteiger partial charge in [0.15, 0.2) is 5.78 Å². The molecule has 22 heavy (non-hydrogen) atoms. The number of carbonyl (C=O) groups is 2. The monoisotopic (exact) mass is 308 g/mol. The first-order chi connectivity index (χ1) is 10.6. The number of rotatable bonds is 6. The number of nitrogens with zero attached hydrogens (tertiary/aromatic N) is 1. The zero-order valence-electron chi connectivity index (χ0n) is 12.7. The molecule has 0 aliphatic carbocycles. The third kappa shape index (κ3) is 4.80. The van der Waals surface area contributed by atoms with Gasteiger partial charge in [0.05, 0.1) is 0 Å². The molecule has 0 saturated carbocycles. The minimum absolute atomic E-state index is 0.0253. The topological polar surface area (TPSA) is 58.6 Å². The molecule has 2 rings (SSSR count). The van der Waals surface area contributed by atoms with Crippen molar-refractivity contribution in [2.75, 3.05) is 26.7 Å². The van der Waals surface area contributed by atoms with Crippen molar-refractivity contribution in [1.29, 1.82) is 0 Å². The van der Waals surface area contributed by atoms with Crippen LogP contribution in [0.2, 0.25) is 0 Å². The number of amides is 1. The van der Waals surface area contributed by atoms with Crippen molar-refractivity contribution in [3.8, 4) is 0 Å². The van der Waals surface area contributed by atoms with Crippen LogP contribution in [0, 0.1) is 5.82 Å². The molecule has 1 N–H and O–H groups in total. The van der Waals surface area contributed by atoms with Crippen LogP contribution in [0.1, 0.15) is 29.6 Å². The zero-order valence-corrected chi connectivity index (χ0v) is 12.7. The fourth-order valence-corrected chi connectivity index (χ4v) is 2.55. The number of ketones is 1. The molecule has 1 amide bonds. The van der Waals surface area contributed by atoms with Gasteiger partial charge in [-0.2, -0.15) is 0 Å². The van der Waals surface area contributed by atoms with Gasteiger partial charge < -0.3 is 10.1 Å². The van der Waals surface area contributed by atoms with Gasteiger partial charge in [0.2, 0.25) is 0 Å². The van der Waals surface area contributed by atoms with Gasteiger partial charge in [-0.25, -0.2) is 9.18 Å². The molecule has 1 aliphatic heterocycles. The van der Waals surface area contributed by atoms with Gasteiger partial charge >= 0.3 is 6.09 Å². The van der Waals surface area contributed by atoms with E-state index in [9.17, 15) is 14.0 Å². The minimum Gasteiger partial charge on any atom is -0.445 e. The first-order valence-corrected chi connectivity index (χ1v) is 7.48. The van der Waals surface area contributed by atoms with E-state index in [1.54, 1.807) is 0 Å². The summed E-state index contributed by atoms with van der Waals surface area (Å²) in [7, 11) is 1.54. The highest BCUT2D eigenvalue weighted by molar-refractivity contribution is 5.95. The largest absolute Gasteiger partial charge is 0.445 e. The highest BCUT2D eigenvalue weighted by Gasteiger charge is 2.25. The van der Waals surface area contributed by atoms with Crippen molar-refractivity contribution in [2.24, 2.45) is 0 Å². The van der Waals surface area contributed by atoms with Crippen LogP contribution in [0.25, 0.3) is 0 Å². The second-order valence-electron chi connectivity index (χ2n) is 5.40. The van der Waals surface area contributed by atoms with E-state index < -0.39 is 6.09 Å². The van der Waals surface area contributed by atoms with Gasteiger partial charge in [-0.05, 0) is 43.7 Å². The summed E-state index contributed by atoms with van der Waals surface area (Å²) in [5.41, 5.74) is 0.545. The minimum atomic E-state index is -0.404. The van der Waals surface area contributed by atoms with E-state index in [1.165, 1.54) is 31.3 Å². The Kier molecular flexibility index (Phi) is 5.89. The van der Waals surface area contributed by atoms with Gasteiger partial charge in [0.1, 0.15) is 11.9 Å². The van der Waals surface area contributed by atoms with Crippen LogP contribution in [0.3, 0.4) is 0 Å². The van der Waals surface area contributed by atoms with Crippen molar-refractivity contribution in [2.45, 2.75) is 25.4 Å². The first kappa shape index (κ1) is 16.4. The molecule has 1 fully saturated rings. The maximum absolute atomic E-state index is 12.8. The molecule has 5 nitrogen and oxygen atoms in total. The standard InChI is InChI=1S/C16H21FN2O3/c1-18-16(21)22-14-8-10-19(11-14)9-2-3-15(20)12-4-6-13(17)7-5-12/h4-7,14H,2-3,8-11H2,1H3,(H,18,21)/t14-/m1/s1. The predicted octanol–water partition coefficient (Wildman–Crippen LogP) is 2.22. The number of likely N-dealkylation sites (tertiary alicyclic amines) is 1. The number of hydrogen-bond acceptors (Lipinski definition) is 4. The summed E-state index contributed by atoms with van der Waals surface area (Å²) < 4.78 is 18.0. The zero-order chi connectivity index (χ0) is 15.9. The number of halogens is 1. The normalized spacial score (nSPS) is 18.2. The number of Topliss-reactive ketones (excluding diaryl/α,β-unsaturated/α-hetero) is 1. The number of benzene rings is 1. The summed E-state index contributed by atoms with van der Waals surface area (Å²) in [5.74, 6) is -0.312. The lowest BCUT2D eigenvalue weighted by molar-refractivity contribution is 0.0970. The number of ether oxygens (including phenoxy) is 1. The van der Waals surface area contributed by atoms with Gasteiger partial charge in [0.25, 0.3) is 0 Å². The Morgan fingerprint density at radius 1 is 1.36 bits per heavy atom. The molecule has 1 aliphatic rings. The fraction of sp³-hybridized carbons (Fsp3) is 0.500. The van der Waals surface area contributed by atoms with Gasteiger partial charge in [-0.15, -0.1) is 0 Å². The Hall–Kier alpha value is -1.95. The fourth-order valence-electron chi connectivity index (χ4n) is 2.55. The second-order valence-corrected chi connectivity index (χ2v) is 5.40. The molecular weight excluding hydrogens is 287 g/mol. The summed E-state index contributed by atoms with van der Waals surface area (Å²) in [4.78, 5) is 25.3. The number of hydrogen-bond donors (Lipinski definition) is 1. The Labute approximate surface area is 129 Å². The summed E-state index contributed by atoms with van der Waals surface area (Å²) in [6, 6.07) is 5.63. The number of carbonyl (C=O) groups excluding carboxylic acids is 2. The van der Waals surface area contributed by atoms with Crippen LogP contribution >= 0.6 is 0 Å². The SMILES string of the molecule is CNC(=O)O[C@@H]1CCN(CCCC(=O)c2ccc(F)cc2)C1. The smallest absolute Gasteiger partial charge is 0.407 e. The van der Waals surface area contributed by atoms with Crippen LogP contribution in [-0.2, 0) is 4.74 Å². The lowest BCUT2D eigenvalue weighted by Crippen LogP contribution is -2.29. The highest BCUT2D eigenvalue weighted by Crippen LogP contribution is 2.14. The molecule has 1 saturated heterocycles. The van der Waals surface area contributed by atoms with E-state index in [4.69, 9.17) is 4.74 Å². The van der Waals surface area contributed by atoms with E-state index in [0.717, 1.165) is 25.9 Å². The molecule has 6 heteroatoms. The maximum Gasteiger partial charge on any atom is 0.407 e. The summed E-state index contributed by atoms with van der Waals surface area (Å²) in [5, 5.41) is 2.44. The van der Waals surface area contributed by atoms with Crippen molar-refractivity contribution in [1.82, 2.24) is 10.2 Å². The highest BCUT2D eigenvalue weighted by atomic mass is 19.1. The van der Waals surface area contributed by atoms with Crippen molar-refractivity contribution in [3.05, 3.63) is 35.6 Å². The molecule has 0 aromatic heterocycles. The average Bonchev–Trinajstić information content (AvgIpc) is 2.95. The molecule has 0 bridgehead atoms. The Morgan fingerprint density at radius 2 is 2.09 bits per heavy atom. The van der Waals surface area contributed by atoms with Gasteiger partial charge in [-0.1, -0.05) is 0 Å². The Balaban J connectivity index is 1.68. The molecule has 0 spiro atoms. The first-order valence-electron chi connectivity index (χ1n) is 7.48.